The maximum atomic E-state index is 11.6. The lowest BCUT2D eigenvalue weighted by Gasteiger charge is -2.05. The number of carbonyl (C=O) groups is 2. The molecule has 0 aliphatic carbocycles. The van der Waals surface area contributed by atoms with Crippen molar-refractivity contribution in [2.24, 2.45) is 0 Å². The van der Waals surface area contributed by atoms with Crippen LogP contribution in [-0.4, -0.2) is 32.4 Å². The molecule has 0 radical (unpaired) electrons. The molecule has 92 valence electrons. The number of carbonyl (C=O) groups excluding carboxylic acids is 1. The second-order valence-corrected chi connectivity index (χ2v) is 4.16. The first-order chi connectivity index (χ1) is 8.58. The minimum Gasteiger partial charge on any atom is -0.478 e. The molecule has 0 unspecified atom stereocenters. The molecule has 0 saturated carbocycles. The van der Waals surface area contributed by atoms with Gasteiger partial charge in [0.15, 0.2) is 5.69 Å². The van der Waals surface area contributed by atoms with Crippen LogP contribution in [0, 0.1) is 0 Å². The summed E-state index contributed by atoms with van der Waals surface area (Å²) in [5, 5.41) is 20.9. The molecular formula is C10H7BrN4O3. The molecule has 1 amide bonds. The van der Waals surface area contributed by atoms with Gasteiger partial charge in [-0.25, -0.2) is 4.79 Å². The Morgan fingerprint density at radius 2 is 2.17 bits per heavy atom. The van der Waals surface area contributed by atoms with Crippen molar-refractivity contribution in [3.8, 4) is 0 Å². The molecule has 0 atom stereocenters. The van der Waals surface area contributed by atoms with E-state index in [4.69, 9.17) is 5.11 Å². The summed E-state index contributed by atoms with van der Waals surface area (Å²) in [6.45, 7) is 0. The lowest BCUT2D eigenvalue weighted by molar-refractivity contribution is 0.0695. The molecule has 8 heteroatoms. The number of hydrogen-bond acceptors (Lipinski definition) is 4. The predicted octanol–water partition coefficient (Wildman–Crippen LogP) is 1.52. The lowest BCUT2D eigenvalue weighted by Crippen LogP contribution is -2.13. The Morgan fingerprint density at radius 3 is 2.78 bits per heavy atom. The van der Waals surface area contributed by atoms with Crippen LogP contribution in [0.4, 0.5) is 5.69 Å². The van der Waals surface area contributed by atoms with Gasteiger partial charge in [0.2, 0.25) is 0 Å². The third-order valence-corrected chi connectivity index (χ3v) is 2.79. The van der Waals surface area contributed by atoms with E-state index in [0.717, 1.165) is 0 Å². The quantitative estimate of drug-likeness (QED) is 0.796. The molecule has 1 aromatic carbocycles. The molecule has 7 nitrogen and oxygen atoms in total. The molecule has 0 fully saturated rings. The summed E-state index contributed by atoms with van der Waals surface area (Å²) in [6, 6.07) is 4.47. The van der Waals surface area contributed by atoms with Gasteiger partial charge in [0.05, 0.1) is 11.8 Å². The summed E-state index contributed by atoms with van der Waals surface area (Å²) in [5.74, 6) is -1.55. The number of carboxylic acids is 1. The predicted molar refractivity (Wildman–Crippen MR) is 65.4 cm³/mol. The summed E-state index contributed by atoms with van der Waals surface area (Å²) in [7, 11) is 0. The van der Waals surface area contributed by atoms with Crippen molar-refractivity contribution in [3.05, 3.63) is 40.1 Å². The summed E-state index contributed by atoms with van der Waals surface area (Å²) < 4.78 is 0.439. The first kappa shape index (κ1) is 12.2. The lowest BCUT2D eigenvalue weighted by atomic mass is 10.2. The minimum absolute atomic E-state index is 0.0629. The van der Waals surface area contributed by atoms with Crippen LogP contribution >= 0.6 is 15.9 Å². The average molecular weight is 311 g/mol. The van der Waals surface area contributed by atoms with Crippen molar-refractivity contribution in [2.45, 2.75) is 0 Å². The van der Waals surface area contributed by atoms with Crippen molar-refractivity contribution >= 4 is 33.5 Å². The first-order valence-electron chi connectivity index (χ1n) is 4.78. The van der Waals surface area contributed by atoms with Gasteiger partial charge in [0.1, 0.15) is 0 Å². The Morgan fingerprint density at radius 1 is 1.39 bits per heavy atom. The highest BCUT2D eigenvalue weighted by Gasteiger charge is 2.12. The van der Waals surface area contributed by atoms with Gasteiger partial charge in [0.25, 0.3) is 5.91 Å². The average Bonchev–Trinajstić information content (AvgIpc) is 2.85. The van der Waals surface area contributed by atoms with Crippen molar-refractivity contribution in [2.75, 3.05) is 5.32 Å². The Hall–Kier alpha value is -2.22. The maximum absolute atomic E-state index is 11.6. The van der Waals surface area contributed by atoms with Gasteiger partial charge in [-0.1, -0.05) is 0 Å². The molecule has 1 aromatic heterocycles. The van der Waals surface area contributed by atoms with Crippen LogP contribution in [0.3, 0.4) is 0 Å². The Labute approximate surface area is 109 Å². The summed E-state index contributed by atoms with van der Waals surface area (Å²) in [6.07, 6.45) is 1.27. The maximum Gasteiger partial charge on any atom is 0.336 e. The Kier molecular flexibility index (Phi) is 3.38. The van der Waals surface area contributed by atoms with Crippen molar-refractivity contribution in [3.63, 3.8) is 0 Å². The number of benzene rings is 1. The fourth-order valence-corrected chi connectivity index (χ4v) is 1.69. The number of nitrogens with one attached hydrogen (secondary N) is 2. The van der Waals surface area contributed by atoms with Crippen LogP contribution < -0.4 is 5.32 Å². The molecule has 1 heterocycles. The van der Waals surface area contributed by atoms with Gasteiger partial charge in [-0.05, 0) is 34.1 Å². The minimum atomic E-state index is -1.08. The van der Waals surface area contributed by atoms with Crippen LogP contribution in [0.15, 0.2) is 28.9 Å². The largest absolute Gasteiger partial charge is 0.478 e. The highest BCUT2D eigenvalue weighted by atomic mass is 79.9. The van der Waals surface area contributed by atoms with E-state index in [-0.39, 0.29) is 11.3 Å². The number of aromatic nitrogens is 3. The highest BCUT2D eigenvalue weighted by Crippen LogP contribution is 2.21. The van der Waals surface area contributed by atoms with Crippen molar-refractivity contribution in [1.29, 1.82) is 0 Å². The highest BCUT2D eigenvalue weighted by molar-refractivity contribution is 9.10. The fraction of sp³-hybridized carbons (Fsp3) is 0. The zero-order valence-corrected chi connectivity index (χ0v) is 10.4. The van der Waals surface area contributed by atoms with E-state index >= 15 is 0 Å². The van der Waals surface area contributed by atoms with Gasteiger partial charge in [-0.3, -0.25) is 4.79 Å². The van der Waals surface area contributed by atoms with E-state index in [1.54, 1.807) is 12.1 Å². The van der Waals surface area contributed by atoms with Crippen molar-refractivity contribution < 1.29 is 14.7 Å². The Balaban J connectivity index is 2.22. The van der Waals surface area contributed by atoms with Crippen molar-refractivity contribution in [1.82, 2.24) is 15.4 Å². The zero-order chi connectivity index (χ0) is 13.1. The summed E-state index contributed by atoms with van der Waals surface area (Å²) in [4.78, 5) is 22.6. The number of halogens is 1. The molecule has 3 N–H and O–H groups in total. The van der Waals surface area contributed by atoms with E-state index in [9.17, 15) is 9.59 Å². The molecule has 18 heavy (non-hydrogen) atoms. The molecule has 0 spiro atoms. The normalized spacial score (nSPS) is 10.1. The number of H-pyrrole nitrogens is 1. The third-order valence-electron chi connectivity index (χ3n) is 2.10. The molecule has 0 bridgehead atoms. The number of rotatable bonds is 3. The van der Waals surface area contributed by atoms with Crippen LogP contribution in [0.1, 0.15) is 20.8 Å². The number of aromatic carboxylic acids is 1. The van der Waals surface area contributed by atoms with Gasteiger partial charge in [-0.15, -0.1) is 0 Å². The monoisotopic (exact) mass is 310 g/mol. The molecule has 0 saturated heterocycles. The zero-order valence-electron chi connectivity index (χ0n) is 8.85. The van der Waals surface area contributed by atoms with Crippen LogP contribution in [0.5, 0.6) is 0 Å². The van der Waals surface area contributed by atoms with E-state index in [1.807, 2.05) is 0 Å². The molecule has 0 aliphatic heterocycles. The summed E-state index contributed by atoms with van der Waals surface area (Å²) in [5.41, 5.74) is 0.548. The number of hydrogen-bond donors (Lipinski definition) is 3. The Bertz CT molecular complexity index is 597. The van der Waals surface area contributed by atoms with Gasteiger partial charge in [-0.2, -0.15) is 15.4 Å². The first-order valence-corrected chi connectivity index (χ1v) is 5.57. The summed E-state index contributed by atoms with van der Waals surface area (Å²) >= 11 is 3.12. The van der Waals surface area contributed by atoms with E-state index in [1.165, 1.54) is 12.3 Å². The fourth-order valence-electron chi connectivity index (χ4n) is 1.27. The number of amides is 1. The molecule has 2 rings (SSSR count). The van der Waals surface area contributed by atoms with Gasteiger partial charge >= 0.3 is 5.97 Å². The van der Waals surface area contributed by atoms with E-state index in [2.05, 4.69) is 36.7 Å². The number of carboxylic acid groups (broad SMARTS) is 1. The van der Waals surface area contributed by atoms with Gasteiger partial charge in [0, 0.05) is 10.2 Å². The number of nitrogens with zero attached hydrogens (tertiary/aromatic N) is 2. The molecule has 2 aromatic rings. The van der Waals surface area contributed by atoms with Crippen LogP contribution in [0.25, 0.3) is 0 Å². The van der Waals surface area contributed by atoms with Crippen LogP contribution in [0.2, 0.25) is 0 Å². The smallest absolute Gasteiger partial charge is 0.336 e. The topological polar surface area (TPSA) is 108 Å². The van der Waals surface area contributed by atoms with E-state index in [0.29, 0.717) is 10.2 Å². The molecule has 0 aliphatic rings. The van der Waals surface area contributed by atoms with Crippen LogP contribution in [-0.2, 0) is 0 Å². The van der Waals surface area contributed by atoms with E-state index < -0.39 is 11.9 Å². The third kappa shape index (κ3) is 2.54. The molecular weight excluding hydrogens is 304 g/mol. The standard InChI is InChI=1S/C10H7BrN4O3/c11-7-2-1-5(3-6(7)10(17)18)13-9(16)8-4-12-15-14-8/h1-4H,(H,13,16)(H,17,18)(H,12,14,15). The number of aromatic amines is 1. The van der Waals surface area contributed by atoms with Gasteiger partial charge < -0.3 is 10.4 Å². The number of anilines is 1. The second-order valence-electron chi connectivity index (χ2n) is 3.31. The SMILES string of the molecule is O=C(Nc1ccc(Br)c(C(=O)O)c1)c1cn[nH]n1. The second kappa shape index (κ2) is 4.96.